The van der Waals surface area contributed by atoms with Gasteiger partial charge in [-0.1, -0.05) is 13.8 Å². The molecule has 2 aromatic heterocycles. The molecule has 0 aliphatic rings. The molecule has 18 heavy (non-hydrogen) atoms. The van der Waals surface area contributed by atoms with Crippen LogP contribution in [-0.2, 0) is 20.1 Å². The number of hydrogen-bond donors (Lipinski definition) is 1. The fraction of sp³-hybridized carbons (Fsp3) is 0.538. The van der Waals surface area contributed by atoms with Crippen molar-refractivity contribution in [1.29, 1.82) is 0 Å². The largest absolute Gasteiger partial charge is 0.311 e. The Morgan fingerprint density at radius 1 is 1.33 bits per heavy atom. The summed E-state index contributed by atoms with van der Waals surface area (Å²) in [6.45, 7) is 7.02. The molecule has 0 saturated carbocycles. The van der Waals surface area contributed by atoms with E-state index < -0.39 is 0 Å². The van der Waals surface area contributed by atoms with Gasteiger partial charge in [-0.2, -0.15) is 10.2 Å². The highest BCUT2D eigenvalue weighted by Gasteiger charge is 2.05. The van der Waals surface area contributed by atoms with Crippen LogP contribution in [0.5, 0.6) is 0 Å². The van der Waals surface area contributed by atoms with Gasteiger partial charge in [-0.15, -0.1) is 0 Å². The van der Waals surface area contributed by atoms with Crippen molar-refractivity contribution in [2.75, 3.05) is 6.54 Å². The molecule has 2 heterocycles. The number of nitrogens with one attached hydrogen (secondary N) is 1. The Labute approximate surface area is 108 Å². The molecule has 0 atom stereocenters. The van der Waals surface area contributed by atoms with E-state index in [4.69, 9.17) is 0 Å². The van der Waals surface area contributed by atoms with E-state index in [1.54, 1.807) is 0 Å². The smallest absolute Gasteiger partial charge is 0.0853 e. The fourth-order valence-corrected chi connectivity index (χ4v) is 1.84. The molecule has 0 saturated heterocycles. The van der Waals surface area contributed by atoms with Crippen molar-refractivity contribution in [2.24, 2.45) is 13.0 Å². The van der Waals surface area contributed by atoms with Crippen LogP contribution in [0.4, 0.5) is 0 Å². The molecular weight excluding hydrogens is 226 g/mol. The van der Waals surface area contributed by atoms with E-state index in [0.717, 1.165) is 25.3 Å². The minimum Gasteiger partial charge on any atom is -0.311 e. The average Bonchev–Trinajstić information content (AvgIpc) is 2.89. The summed E-state index contributed by atoms with van der Waals surface area (Å²) in [5, 5.41) is 12.1. The first-order chi connectivity index (χ1) is 8.65. The summed E-state index contributed by atoms with van der Waals surface area (Å²) in [7, 11) is 1.93. The Morgan fingerprint density at radius 3 is 2.83 bits per heavy atom. The predicted octanol–water partition coefficient (Wildman–Crippen LogP) is 1.41. The van der Waals surface area contributed by atoms with Crippen molar-refractivity contribution in [1.82, 2.24) is 24.9 Å². The first-order valence-corrected chi connectivity index (χ1v) is 6.35. The van der Waals surface area contributed by atoms with Crippen LogP contribution in [0.15, 0.2) is 24.5 Å². The van der Waals surface area contributed by atoms with E-state index in [0.29, 0.717) is 5.92 Å². The van der Waals surface area contributed by atoms with Gasteiger partial charge in [0, 0.05) is 26.0 Å². The fourth-order valence-electron chi connectivity index (χ4n) is 1.84. The zero-order valence-electron chi connectivity index (χ0n) is 11.3. The summed E-state index contributed by atoms with van der Waals surface area (Å²) in [6.07, 6.45) is 3.80. The standard InChI is InChI=1S/C13H21N5/c1-11(2)8-14-9-13-4-6-15-18(13)10-12-5-7-17(3)16-12/h4-7,11,14H,8-10H2,1-3H3. The third-order valence-electron chi connectivity index (χ3n) is 2.74. The van der Waals surface area contributed by atoms with E-state index in [1.807, 2.05) is 34.9 Å². The molecule has 0 aliphatic heterocycles. The van der Waals surface area contributed by atoms with Gasteiger partial charge < -0.3 is 5.32 Å². The lowest BCUT2D eigenvalue weighted by Crippen LogP contribution is -2.21. The van der Waals surface area contributed by atoms with Gasteiger partial charge in [0.1, 0.15) is 0 Å². The molecule has 98 valence electrons. The van der Waals surface area contributed by atoms with Crippen LogP contribution in [0.2, 0.25) is 0 Å². The van der Waals surface area contributed by atoms with E-state index in [1.165, 1.54) is 5.69 Å². The van der Waals surface area contributed by atoms with E-state index in [2.05, 4.69) is 35.4 Å². The molecule has 0 aromatic carbocycles. The zero-order chi connectivity index (χ0) is 13.0. The van der Waals surface area contributed by atoms with Crippen LogP contribution in [-0.4, -0.2) is 26.1 Å². The summed E-state index contributed by atoms with van der Waals surface area (Å²) >= 11 is 0. The van der Waals surface area contributed by atoms with Crippen LogP contribution in [0.1, 0.15) is 25.2 Å². The van der Waals surface area contributed by atoms with Crippen molar-refractivity contribution in [2.45, 2.75) is 26.9 Å². The summed E-state index contributed by atoms with van der Waals surface area (Å²) in [5.41, 5.74) is 2.23. The number of aryl methyl sites for hydroxylation is 1. The van der Waals surface area contributed by atoms with Gasteiger partial charge in [-0.25, -0.2) is 0 Å². The monoisotopic (exact) mass is 247 g/mol. The van der Waals surface area contributed by atoms with Crippen LogP contribution < -0.4 is 5.32 Å². The molecule has 2 aromatic rings. The molecule has 1 N–H and O–H groups in total. The van der Waals surface area contributed by atoms with Crippen molar-refractivity contribution >= 4 is 0 Å². The number of nitrogens with zero attached hydrogens (tertiary/aromatic N) is 4. The third-order valence-corrected chi connectivity index (χ3v) is 2.74. The number of aromatic nitrogens is 4. The second kappa shape index (κ2) is 5.82. The normalized spacial score (nSPS) is 11.3. The molecule has 0 bridgehead atoms. The van der Waals surface area contributed by atoms with Crippen molar-refractivity contribution in [3.63, 3.8) is 0 Å². The summed E-state index contributed by atoms with van der Waals surface area (Å²) in [5.74, 6) is 0.664. The van der Waals surface area contributed by atoms with E-state index in [9.17, 15) is 0 Å². The van der Waals surface area contributed by atoms with Crippen LogP contribution >= 0.6 is 0 Å². The SMILES string of the molecule is CC(C)CNCc1ccnn1Cc1ccn(C)n1. The number of rotatable bonds is 6. The molecule has 0 aliphatic carbocycles. The summed E-state index contributed by atoms with van der Waals surface area (Å²) in [6, 6.07) is 4.07. The third kappa shape index (κ3) is 3.43. The lowest BCUT2D eigenvalue weighted by atomic mass is 10.2. The molecule has 0 fully saturated rings. The Bertz CT molecular complexity index is 483. The lowest BCUT2D eigenvalue weighted by Gasteiger charge is -2.09. The van der Waals surface area contributed by atoms with Gasteiger partial charge in [0.2, 0.25) is 0 Å². The number of hydrogen-bond acceptors (Lipinski definition) is 3. The summed E-state index contributed by atoms with van der Waals surface area (Å²) < 4.78 is 3.81. The molecule has 0 amide bonds. The quantitative estimate of drug-likeness (QED) is 0.839. The van der Waals surface area contributed by atoms with Gasteiger partial charge in [0.05, 0.1) is 17.9 Å². The second-order valence-electron chi connectivity index (χ2n) is 4.99. The molecule has 2 rings (SSSR count). The molecule has 5 nitrogen and oxygen atoms in total. The maximum absolute atomic E-state index is 4.37. The van der Waals surface area contributed by atoms with Gasteiger partial charge in [0.25, 0.3) is 0 Å². The Kier molecular flexibility index (Phi) is 4.15. The highest BCUT2D eigenvalue weighted by atomic mass is 15.3. The van der Waals surface area contributed by atoms with Crippen LogP contribution in [0.3, 0.4) is 0 Å². The van der Waals surface area contributed by atoms with E-state index in [-0.39, 0.29) is 0 Å². The maximum Gasteiger partial charge on any atom is 0.0853 e. The van der Waals surface area contributed by atoms with Crippen molar-refractivity contribution < 1.29 is 0 Å². The second-order valence-corrected chi connectivity index (χ2v) is 4.99. The van der Waals surface area contributed by atoms with Gasteiger partial charge in [-0.3, -0.25) is 9.36 Å². The molecule has 0 unspecified atom stereocenters. The maximum atomic E-state index is 4.37. The van der Waals surface area contributed by atoms with Gasteiger partial charge >= 0.3 is 0 Å². The average molecular weight is 247 g/mol. The van der Waals surface area contributed by atoms with Crippen LogP contribution in [0, 0.1) is 5.92 Å². The highest BCUT2D eigenvalue weighted by molar-refractivity contribution is 5.05. The predicted molar refractivity (Wildman–Crippen MR) is 71.1 cm³/mol. The Morgan fingerprint density at radius 2 is 2.17 bits per heavy atom. The minimum atomic E-state index is 0.664. The Balaban J connectivity index is 1.95. The van der Waals surface area contributed by atoms with Crippen molar-refractivity contribution in [3.05, 3.63) is 35.9 Å². The lowest BCUT2D eigenvalue weighted by molar-refractivity contribution is 0.527. The zero-order valence-corrected chi connectivity index (χ0v) is 11.3. The summed E-state index contributed by atoms with van der Waals surface area (Å²) in [4.78, 5) is 0. The topological polar surface area (TPSA) is 47.7 Å². The molecule has 0 radical (unpaired) electrons. The highest BCUT2D eigenvalue weighted by Crippen LogP contribution is 2.04. The van der Waals surface area contributed by atoms with Crippen molar-refractivity contribution in [3.8, 4) is 0 Å². The minimum absolute atomic E-state index is 0.664. The van der Waals surface area contributed by atoms with Gasteiger partial charge in [-0.05, 0) is 24.6 Å². The first-order valence-electron chi connectivity index (χ1n) is 6.35. The first kappa shape index (κ1) is 12.8. The van der Waals surface area contributed by atoms with E-state index >= 15 is 0 Å². The molecular formula is C13H21N5. The van der Waals surface area contributed by atoms with Crippen LogP contribution in [0.25, 0.3) is 0 Å². The van der Waals surface area contributed by atoms with Gasteiger partial charge in [0.15, 0.2) is 0 Å². The Hall–Kier alpha value is -1.62. The molecule has 5 heteroatoms. The molecule has 0 spiro atoms.